The predicted molar refractivity (Wildman–Crippen MR) is 105 cm³/mol. The van der Waals surface area contributed by atoms with Crippen molar-refractivity contribution < 1.29 is 13.9 Å². The second kappa shape index (κ2) is 9.03. The number of aromatic nitrogens is 2. The van der Waals surface area contributed by atoms with E-state index in [4.69, 9.17) is 4.74 Å². The van der Waals surface area contributed by atoms with Crippen LogP contribution >= 0.6 is 0 Å². The average Bonchev–Trinajstić information content (AvgIpc) is 3.14. The highest BCUT2D eigenvalue weighted by Crippen LogP contribution is 2.21. The smallest absolute Gasteiger partial charge is 0.315 e. The molecular formula is C21H23FN4O2. The van der Waals surface area contributed by atoms with Crippen LogP contribution in [0.15, 0.2) is 60.9 Å². The van der Waals surface area contributed by atoms with Crippen molar-refractivity contribution >= 4 is 6.03 Å². The average molecular weight is 382 g/mol. The van der Waals surface area contributed by atoms with Gasteiger partial charge in [-0.05, 0) is 30.2 Å². The Balaban J connectivity index is 1.49. The predicted octanol–water partition coefficient (Wildman–Crippen LogP) is 3.64. The van der Waals surface area contributed by atoms with Gasteiger partial charge >= 0.3 is 6.03 Å². The molecule has 1 aromatic heterocycles. The van der Waals surface area contributed by atoms with E-state index >= 15 is 0 Å². The molecule has 0 aliphatic carbocycles. The number of hydrogen-bond acceptors (Lipinski definition) is 3. The first-order valence-electron chi connectivity index (χ1n) is 8.98. The topological polar surface area (TPSA) is 68.2 Å². The minimum Gasteiger partial charge on any atom is -0.494 e. The zero-order valence-electron chi connectivity index (χ0n) is 15.9. The summed E-state index contributed by atoms with van der Waals surface area (Å²) in [6, 6.07) is 14.0. The molecule has 3 rings (SSSR count). The largest absolute Gasteiger partial charge is 0.494 e. The second-order valence-corrected chi connectivity index (χ2v) is 6.47. The molecule has 0 radical (unpaired) electrons. The van der Waals surface area contributed by atoms with Crippen molar-refractivity contribution in [2.75, 3.05) is 7.11 Å². The van der Waals surface area contributed by atoms with Gasteiger partial charge in [0.25, 0.3) is 0 Å². The lowest BCUT2D eigenvalue weighted by molar-refractivity contribution is 0.237. The highest BCUT2D eigenvalue weighted by atomic mass is 19.1. The number of halogens is 1. The van der Waals surface area contributed by atoms with Crippen LogP contribution < -0.4 is 15.4 Å². The number of carbonyl (C=O) groups excluding carboxylic acids is 1. The van der Waals surface area contributed by atoms with Crippen molar-refractivity contribution in [3.8, 4) is 5.75 Å². The van der Waals surface area contributed by atoms with Crippen molar-refractivity contribution in [3.05, 3.63) is 83.4 Å². The number of nitrogens with zero attached hydrogens (tertiary/aromatic N) is 2. The van der Waals surface area contributed by atoms with Crippen LogP contribution in [0.2, 0.25) is 0 Å². The lowest BCUT2D eigenvalue weighted by atomic mass is 10.1. The van der Waals surface area contributed by atoms with Gasteiger partial charge in [0.05, 0.1) is 25.9 Å². The highest BCUT2D eigenvalue weighted by Gasteiger charge is 2.12. The number of methoxy groups -OCH3 is 1. The Hall–Kier alpha value is -3.35. The van der Waals surface area contributed by atoms with E-state index in [2.05, 4.69) is 15.7 Å². The van der Waals surface area contributed by atoms with Crippen LogP contribution in [0.3, 0.4) is 0 Å². The van der Waals surface area contributed by atoms with Crippen LogP contribution in [-0.2, 0) is 13.1 Å². The number of amides is 2. The summed E-state index contributed by atoms with van der Waals surface area (Å²) < 4.78 is 20.5. The van der Waals surface area contributed by atoms with E-state index in [0.717, 1.165) is 11.1 Å². The van der Waals surface area contributed by atoms with Crippen LogP contribution in [0.25, 0.3) is 0 Å². The molecule has 0 bridgehead atoms. The van der Waals surface area contributed by atoms with E-state index in [1.165, 1.54) is 13.2 Å². The zero-order chi connectivity index (χ0) is 19.9. The number of benzene rings is 2. The number of carbonyl (C=O) groups is 1. The van der Waals surface area contributed by atoms with E-state index in [0.29, 0.717) is 18.7 Å². The highest BCUT2D eigenvalue weighted by molar-refractivity contribution is 5.74. The van der Waals surface area contributed by atoms with Gasteiger partial charge in [0.1, 0.15) is 0 Å². The number of hydrogen-bond donors (Lipinski definition) is 2. The molecule has 0 fully saturated rings. The molecule has 0 aliphatic heterocycles. The van der Waals surface area contributed by atoms with Crippen molar-refractivity contribution in [1.29, 1.82) is 0 Å². The minimum atomic E-state index is -0.458. The van der Waals surface area contributed by atoms with Crippen LogP contribution in [-0.4, -0.2) is 22.9 Å². The Labute approximate surface area is 163 Å². The van der Waals surface area contributed by atoms with Crippen LogP contribution in [0, 0.1) is 5.82 Å². The fourth-order valence-corrected chi connectivity index (χ4v) is 2.82. The van der Waals surface area contributed by atoms with Gasteiger partial charge in [0.2, 0.25) is 0 Å². The molecule has 0 saturated heterocycles. The monoisotopic (exact) mass is 382 g/mol. The molecule has 2 amide bonds. The maximum absolute atomic E-state index is 13.8. The normalized spacial score (nSPS) is 11.7. The molecule has 0 saturated carbocycles. The Bertz CT molecular complexity index is 927. The molecule has 2 N–H and O–H groups in total. The quantitative estimate of drug-likeness (QED) is 0.656. The summed E-state index contributed by atoms with van der Waals surface area (Å²) >= 11 is 0. The van der Waals surface area contributed by atoms with Gasteiger partial charge in [0, 0.05) is 18.3 Å². The Morgan fingerprint density at radius 2 is 2.00 bits per heavy atom. The third-order valence-corrected chi connectivity index (χ3v) is 4.35. The molecule has 28 heavy (non-hydrogen) atoms. The molecule has 7 heteroatoms. The summed E-state index contributed by atoms with van der Waals surface area (Å²) in [5.41, 5.74) is 2.71. The molecule has 0 spiro atoms. The summed E-state index contributed by atoms with van der Waals surface area (Å²) in [6.07, 6.45) is 3.63. The zero-order valence-corrected chi connectivity index (χ0v) is 15.9. The fraction of sp³-hybridized carbons (Fsp3) is 0.238. The van der Waals surface area contributed by atoms with Gasteiger partial charge < -0.3 is 15.4 Å². The van der Waals surface area contributed by atoms with Gasteiger partial charge in [-0.1, -0.05) is 36.4 Å². The van der Waals surface area contributed by atoms with E-state index in [-0.39, 0.29) is 17.8 Å². The summed E-state index contributed by atoms with van der Waals surface area (Å²) in [5, 5.41) is 9.90. The van der Waals surface area contributed by atoms with Gasteiger partial charge in [-0.2, -0.15) is 5.10 Å². The van der Waals surface area contributed by atoms with Gasteiger partial charge in [-0.15, -0.1) is 0 Å². The summed E-state index contributed by atoms with van der Waals surface area (Å²) in [5.74, 6) is -0.284. The molecule has 1 atom stereocenters. The van der Waals surface area contributed by atoms with Crippen LogP contribution in [0.1, 0.15) is 29.7 Å². The number of nitrogens with one attached hydrogen (secondary N) is 2. The second-order valence-electron chi connectivity index (χ2n) is 6.47. The SMILES string of the molecule is COc1ccc(C(C)NC(=O)NCc2cnn(Cc3ccccc3)c2)cc1F. The van der Waals surface area contributed by atoms with Crippen molar-refractivity contribution in [3.63, 3.8) is 0 Å². The molecule has 3 aromatic rings. The van der Waals surface area contributed by atoms with Gasteiger partial charge in [-0.25, -0.2) is 9.18 Å². The lowest BCUT2D eigenvalue weighted by Crippen LogP contribution is -2.36. The standard InChI is InChI=1S/C21H23FN4O2/c1-15(18-8-9-20(28-2)19(22)10-18)25-21(27)23-11-17-12-24-26(14-17)13-16-6-4-3-5-7-16/h3-10,12,14-15H,11,13H2,1-2H3,(H2,23,25,27). The third kappa shape index (κ3) is 5.09. The number of urea groups is 1. The maximum atomic E-state index is 13.8. The van der Waals surface area contributed by atoms with Crippen LogP contribution in [0.5, 0.6) is 5.75 Å². The molecule has 1 heterocycles. The summed E-state index contributed by atoms with van der Waals surface area (Å²) in [6.45, 7) is 2.82. The van der Waals surface area contributed by atoms with Crippen molar-refractivity contribution in [1.82, 2.24) is 20.4 Å². The Morgan fingerprint density at radius 3 is 2.71 bits per heavy atom. The fourth-order valence-electron chi connectivity index (χ4n) is 2.82. The summed E-state index contributed by atoms with van der Waals surface area (Å²) in [4.78, 5) is 12.1. The first kappa shape index (κ1) is 19.4. The van der Waals surface area contributed by atoms with E-state index in [1.54, 1.807) is 25.3 Å². The lowest BCUT2D eigenvalue weighted by Gasteiger charge is -2.15. The molecule has 1 unspecified atom stereocenters. The van der Waals surface area contributed by atoms with E-state index < -0.39 is 5.82 Å². The maximum Gasteiger partial charge on any atom is 0.315 e. The first-order chi connectivity index (χ1) is 13.5. The first-order valence-corrected chi connectivity index (χ1v) is 8.98. The molecule has 146 valence electrons. The molecule has 0 aliphatic rings. The molecule has 2 aromatic carbocycles. The number of rotatable bonds is 7. The summed E-state index contributed by atoms with van der Waals surface area (Å²) in [7, 11) is 1.41. The molecular weight excluding hydrogens is 359 g/mol. The molecule has 6 nitrogen and oxygen atoms in total. The van der Waals surface area contributed by atoms with Gasteiger partial charge in [0.15, 0.2) is 11.6 Å². The van der Waals surface area contributed by atoms with Crippen molar-refractivity contribution in [2.24, 2.45) is 0 Å². The van der Waals surface area contributed by atoms with Gasteiger partial charge in [-0.3, -0.25) is 4.68 Å². The van der Waals surface area contributed by atoms with E-state index in [1.807, 2.05) is 41.2 Å². The Morgan fingerprint density at radius 1 is 1.21 bits per heavy atom. The van der Waals surface area contributed by atoms with Crippen molar-refractivity contribution in [2.45, 2.75) is 26.1 Å². The number of ether oxygens (including phenoxy) is 1. The Kier molecular flexibility index (Phi) is 6.26. The van der Waals surface area contributed by atoms with E-state index in [9.17, 15) is 9.18 Å². The third-order valence-electron chi connectivity index (χ3n) is 4.35. The minimum absolute atomic E-state index is 0.174. The van der Waals surface area contributed by atoms with Crippen LogP contribution in [0.4, 0.5) is 9.18 Å².